The molecule has 0 unspecified atom stereocenters. The highest BCUT2D eigenvalue weighted by Gasteiger charge is 1.90. The normalized spacial score (nSPS) is 8.00. The van der Waals surface area contributed by atoms with Gasteiger partial charge in [-0.05, 0) is 0 Å². The van der Waals surface area contributed by atoms with Crippen LogP contribution in [0, 0.1) is 10.1 Å². The molecule has 40 valence electrons. The molecule has 0 aromatic rings. The second-order valence-electron chi connectivity index (χ2n) is 1.01. The van der Waals surface area contributed by atoms with Crippen LogP contribution in [0.3, 0.4) is 0 Å². The van der Waals surface area contributed by atoms with Gasteiger partial charge in [0, 0.05) is 4.92 Å². The molecule has 0 aliphatic carbocycles. The molecule has 0 saturated heterocycles. The van der Waals surface area contributed by atoms with E-state index in [1.165, 1.54) is 0 Å². The molecule has 0 heterocycles. The van der Waals surface area contributed by atoms with Crippen LogP contribution < -0.4 is 0 Å². The Labute approximate surface area is 40.3 Å². The molecule has 0 bridgehead atoms. The summed E-state index contributed by atoms with van der Waals surface area (Å²) in [6.07, 6.45) is 0.551. The van der Waals surface area contributed by atoms with E-state index in [-0.39, 0.29) is 13.0 Å². The summed E-state index contributed by atoms with van der Waals surface area (Å²) in [5.41, 5.74) is 0. The monoisotopic (exact) mass is 103 g/mol. The molecule has 0 atom stereocenters. The summed E-state index contributed by atoms with van der Waals surface area (Å²) in [6, 6.07) is 0. The highest BCUT2D eigenvalue weighted by atomic mass is 16.6. The molecule has 4 nitrogen and oxygen atoms in total. The Balaban J connectivity index is 2.97. The Morgan fingerprint density at radius 1 is 1.71 bits per heavy atom. The van der Waals surface area contributed by atoms with Gasteiger partial charge in [-0.25, -0.2) is 0 Å². The third-order valence-corrected chi connectivity index (χ3v) is 0.430. The van der Waals surface area contributed by atoms with Gasteiger partial charge < -0.3 is 4.79 Å². The quantitative estimate of drug-likeness (QED) is 0.283. The van der Waals surface area contributed by atoms with Crippen molar-refractivity contribution in [1.29, 1.82) is 0 Å². The van der Waals surface area contributed by atoms with Crippen molar-refractivity contribution in [3.05, 3.63) is 10.1 Å². The van der Waals surface area contributed by atoms with E-state index >= 15 is 0 Å². The summed E-state index contributed by atoms with van der Waals surface area (Å²) in [5.74, 6) is 0. The van der Waals surface area contributed by atoms with Crippen molar-refractivity contribution in [2.75, 3.05) is 6.54 Å². The van der Waals surface area contributed by atoms with Crippen molar-refractivity contribution in [1.82, 2.24) is 0 Å². The van der Waals surface area contributed by atoms with E-state index in [0.717, 1.165) is 0 Å². The zero-order chi connectivity index (χ0) is 5.70. The highest BCUT2D eigenvalue weighted by Crippen LogP contribution is 1.70. The second-order valence-corrected chi connectivity index (χ2v) is 1.01. The smallest absolute Gasteiger partial charge is 0.210 e. The lowest BCUT2D eigenvalue weighted by atomic mass is 10.5. The lowest BCUT2D eigenvalue weighted by Gasteiger charge is -1.79. The van der Waals surface area contributed by atoms with Gasteiger partial charge in [0.1, 0.15) is 6.29 Å². The van der Waals surface area contributed by atoms with Gasteiger partial charge in [0.15, 0.2) is 0 Å². The lowest BCUT2D eigenvalue weighted by Crippen LogP contribution is -1.99. The first-order valence-corrected chi connectivity index (χ1v) is 1.83. The number of aldehydes is 1. The summed E-state index contributed by atoms with van der Waals surface area (Å²) < 4.78 is 0. The minimum absolute atomic E-state index is 0.0208. The van der Waals surface area contributed by atoms with Crippen LogP contribution in [-0.4, -0.2) is 17.8 Å². The van der Waals surface area contributed by atoms with Crippen LogP contribution in [0.5, 0.6) is 0 Å². The van der Waals surface area contributed by atoms with Crippen LogP contribution in [0.4, 0.5) is 0 Å². The number of hydrogen-bond donors (Lipinski definition) is 0. The summed E-state index contributed by atoms with van der Waals surface area (Å²) in [6.45, 7) is -0.247. The molecule has 0 amide bonds. The molecular weight excluding hydrogens is 98.0 g/mol. The molecule has 0 rings (SSSR count). The Morgan fingerprint density at radius 3 is 2.43 bits per heavy atom. The minimum atomic E-state index is -0.519. The van der Waals surface area contributed by atoms with Crippen molar-refractivity contribution < 1.29 is 9.72 Å². The van der Waals surface area contributed by atoms with Gasteiger partial charge >= 0.3 is 0 Å². The number of rotatable bonds is 3. The predicted octanol–water partition coefficient (Wildman–Crippen LogP) is -0.148. The van der Waals surface area contributed by atoms with Crippen LogP contribution in [0.25, 0.3) is 0 Å². The number of carbonyl (C=O) groups excluding carboxylic acids is 1. The van der Waals surface area contributed by atoms with Gasteiger partial charge in [0.25, 0.3) is 0 Å². The van der Waals surface area contributed by atoms with Gasteiger partial charge in [0.2, 0.25) is 6.54 Å². The average molecular weight is 103 g/mol. The minimum Gasteiger partial charge on any atom is -0.303 e. The summed E-state index contributed by atoms with van der Waals surface area (Å²) in [5, 5.41) is 9.40. The SMILES string of the molecule is O=CCC[N+](=O)[O-]. The number of carbonyl (C=O) groups is 1. The zero-order valence-electron chi connectivity index (χ0n) is 3.66. The van der Waals surface area contributed by atoms with Crippen molar-refractivity contribution in [2.24, 2.45) is 0 Å². The first kappa shape index (κ1) is 6.07. The molecule has 0 aromatic carbocycles. The van der Waals surface area contributed by atoms with Crippen LogP contribution in [0.15, 0.2) is 0 Å². The molecule has 0 saturated carbocycles. The van der Waals surface area contributed by atoms with Crippen LogP contribution in [0.2, 0.25) is 0 Å². The second kappa shape index (κ2) is 3.27. The van der Waals surface area contributed by atoms with E-state index in [4.69, 9.17) is 0 Å². The maximum Gasteiger partial charge on any atom is 0.210 e. The van der Waals surface area contributed by atoms with Gasteiger partial charge in [-0.3, -0.25) is 10.1 Å². The molecule has 0 spiro atoms. The molecule has 7 heavy (non-hydrogen) atoms. The molecule has 0 N–H and O–H groups in total. The third-order valence-electron chi connectivity index (χ3n) is 0.430. The van der Waals surface area contributed by atoms with E-state index in [2.05, 4.69) is 0 Å². The Bertz CT molecular complexity index is 80.2. The Hall–Kier alpha value is -0.930. The number of nitrogens with zero attached hydrogens (tertiary/aromatic N) is 1. The van der Waals surface area contributed by atoms with E-state index in [1.54, 1.807) is 0 Å². The first-order chi connectivity index (χ1) is 3.27. The highest BCUT2D eigenvalue weighted by molar-refractivity contribution is 5.49. The Morgan fingerprint density at radius 2 is 2.29 bits per heavy atom. The van der Waals surface area contributed by atoms with Crippen molar-refractivity contribution in [2.45, 2.75) is 6.42 Å². The van der Waals surface area contributed by atoms with E-state index in [0.29, 0.717) is 6.29 Å². The van der Waals surface area contributed by atoms with Gasteiger partial charge in [-0.15, -0.1) is 0 Å². The predicted molar refractivity (Wildman–Crippen MR) is 22.5 cm³/mol. The Kier molecular flexibility index (Phi) is 2.83. The van der Waals surface area contributed by atoms with Crippen LogP contribution in [-0.2, 0) is 4.79 Å². The van der Waals surface area contributed by atoms with Crippen LogP contribution in [0.1, 0.15) is 6.42 Å². The fourth-order valence-corrected chi connectivity index (χ4v) is 0.158. The van der Waals surface area contributed by atoms with E-state index in [9.17, 15) is 14.9 Å². The molecule has 0 aliphatic heterocycles. The van der Waals surface area contributed by atoms with Gasteiger partial charge in [-0.1, -0.05) is 0 Å². The fourth-order valence-electron chi connectivity index (χ4n) is 0.158. The summed E-state index contributed by atoms with van der Waals surface area (Å²) in [4.78, 5) is 18.3. The molecule has 0 aromatic heterocycles. The fraction of sp³-hybridized carbons (Fsp3) is 0.667. The van der Waals surface area contributed by atoms with Crippen molar-refractivity contribution in [3.63, 3.8) is 0 Å². The van der Waals surface area contributed by atoms with Gasteiger partial charge in [0.05, 0.1) is 6.42 Å². The largest absolute Gasteiger partial charge is 0.303 e. The first-order valence-electron chi connectivity index (χ1n) is 1.83. The maximum absolute atomic E-state index is 9.40. The summed E-state index contributed by atoms with van der Waals surface area (Å²) in [7, 11) is 0. The average Bonchev–Trinajstić information content (AvgIpc) is 1.61. The van der Waals surface area contributed by atoms with Crippen molar-refractivity contribution >= 4 is 6.29 Å². The molecule has 0 aliphatic rings. The van der Waals surface area contributed by atoms with Crippen molar-refractivity contribution in [3.8, 4) is 0 Å². The molecular formula is C3H5NO3. The van der Waals surface area contributed by atoms with E-state index in [1.807, 2.05) is 0 Å². The zero-order valence-corrected chi connectivity index (χ0v) is 3.66. The van der Waals surface area contributed by atoms with Gasteiger partial charge in [-0.2, -0.15) is 0 Å². The maximum atomic E-state index is 9.40. The number of nitro groups is 1. The molecule has 4 heteroatoms. The summed E-state index contributed by atoms with van der Waals surface area (Å²) >= 11 is 0. The number of hydrogen-bond acceptors (Lipinski definition) is 3. The van der Waals surface area contributed by atoms with Crippen LogP contribution >= 0.6 is 0 Å². The molecule has 0 fully saturated rings. The standard InChI is InChI=1S/C3H5NO3/c5-3-1-2-4(6)7/h3H,1-2H2. The third kappa shape index (κ3) is 5.07. The van der Waals surface area contributed by atoms with E-state index < -0.39 is 4.92 Å². The molecule has 0 radical (unpaired) electrons. The topological polar surface area (TPSA) is 60.2 Å². The lowest BCUT2D eigenvalue weighted by molar-refractivity contribution is -0.478.